The van der Waals surface area contributed by atoms with Gasteiger partial charge in [-0.25, -0.2) is 4.79 Å². The van der Waals surface area contributed by atoms with Crippen LogP contribution in [-0.4, -0.2) is 27.1 Å². The highest BCUT2D eigenvalue weighted by Crippen LogP contribution is 2.24. The molecule has 0 fully saturated rings. The minimum atomic E-state index is -0.760. The van der Waals surface area contributed by atoms with Crippen molar-refractivity contribution in [2.24, 2.45) is 0 Å². The van der Waals surface area contributed by atoms with Crippen LogP contribution in [0.5, 0.6) is 0 Å². The number of imidazole rings is 1. The van der Waals surface area contributed by atoms with E-state index < -0.39 is 23.2 Å². The molecule has 2 aromatic carbocycles. The Bertz CT molecular complexity index is 1090. The Morgan fingerprint density at radius 1 is 0.840 bits per heavy atom. The van der Waals surface area contributed by atoms with Crippen LogP contribution in [0.2, 0.25) is 0 Å². The Balaban J connectivity index is 1.81. The van der Waals surface area contributed by atoms with E-state index in [0.29, 0.717) is 5.56 Å². The summed E-state index contributed by atoms with van der Waals surface area (Å²) in [5.41, 5.74) is 2.06. The molecule has 1 heterocycles. The highest BCUT2D eigenvalue weighted by molar-refractivity contribution is 6.27. The number of fused-ring (bicyclic) bond motifs is 2. The zero-order valence-corrected chi connectivity index (χ0v) is 12.8. The lowest BCUT2D eigenvalue weighted by atomic mass is 9.90. The van der Waals surface area contributed by atoms with Crippen molar-refractivity contribution in [2.45, 2.75) is 0 Å². The summed E-state index contributed by atoms with van der Waals surface area (Å²) in [7, 11) is 0. The van der Waals surface area contributed by atoms with Gasteiger partial charge < -0.3 is 4.98 Å². The standard InChI is InChI=1S/C18H11N3O4/c22-15-11-8-4-5-9-12(11)16(23)14-13(15)19-18(25)21(14)20-17(24)10-6-2-1-3-7-10/h1-9H,(H,19,25)(H,20,24). The van der Waals surface area contributed by atoms with E-state index >= 15 is 0 Å². The second-order valence-electron chi connectivity index (χ2n) is 5.50. The fraction of sp³-hybridized carbons (Fsp3) is 0. The number of nitrogens with one attached hydrogen (secondary N) is 2. The van der Waals surface area contributed by atoms with Crippen molar-refractivity contribution in [1.29, 1.82) is 0 Å². The van der Waals surface area contributed by atoms with Crippen molar-refractivity contribution in [1.82, 2.24) is 9.66 Å². The molecule has 0 saturated carbocycles. The Hall–Kier alpha value is -3.74. The quantitative estimate of drug-likeness (QED) is 0.578. The first-order valence-corrected chi connectivity index (χ1v) is 7.48. The Kier molecular flexibility index (Phi) is 3.21. The lowest BCUT2D eigenvalue weighted by Gasteiger charge is -2.15. The summed E-state index contributed by atoms with van der Waals surface area (Å²) in [5.74, 6) is -1.53. The van der Waals surface area contributed by atoms with Gasteiger partial charge in [-0.15, -0.1) is 0 Å². The van der Waals surface area contributed by atoms with Gasteiger partial charge in [-0.1, -0.05) is 42.5 Å². The number of carbonyl (C=O) groups excluding carboxylic acids is 3. The predicted molar refractivity (Wildman–Crippen MR) is 88.5 cm³/mol. The van der Waals surface area contributed by atoms with E-state index in [2.05, 4.69) is 10.4 Å². The molecule has 0 unspecified atom stereocenters. The molecule has 25 heavy (non-hydrogen) atoms. The number of rotatable bonds is 2. The van der Waals surface area contributed by atoms with Gasteiger partial charge in [0.2, 0.25) is 11.6 Å². The molecule has 1 aliphatic rings. The van der Waals surface area contributed by atoms with E-state index in [1.165, 1.54) is 12.1 Å². The van der Waals surface area contributed by atoms with Crippen molar-refractivity contribution in [3.63, 3.8) is 0 Å². The molecule has 2 N–H and O–H groups in total. The van der Waals surface area contributed by atoms with Gasteiger partial charge in [-0.3, -0.25) is 19.8 Å². The molecule has 0 bridgehead atoms. The summed E-state index contributed by atoms with van der Waals surface area (Å²) in [6.07, 6.45) is 0. The molecule has 0 atom stereocenters. The summed E-state index contributed by atoms with van der Waals surface area (Å²) in [4.78, 5) is 52.1. The van der Waals surface area contributed by atoms with Gasteiger partial charge in [0.05, 0.1) is 0 Å². The molecule has 0 radical (unpaired) electrons. The first kappa shape index (κ1) is 14.8. The molecule has 0 spiro atoms. The maximum absolute atomic E-state index is 12.7. The first-order chi connectivity index (χ1) is 12.1. The van der Waals surface area contributed by atoms with Crippen molar-refractivity contribution in [3.8, 4) is 0 Å². The second kappa shape index (κ2) is 5.41. The molecule has 3 aromatic rings. The molecule has 1 aliphatic carbocycles. The normalized spacial score (nSPS) is 12.5. The van der Waals surface area contributed by atoms with E-state index in [-0.39, 0.29) is 22.5 Å². The Labute approximate surface area is 140 Å². The molecular formula is C18H11N3O4. The van der Waals surface area contributed by atoms with E-state index in [9.17, 15) is 19.2 Å². The zero-order chi connectivity index (χ0) is 17.6. The van der Waals surface area contributed by atoms with Gasteiger partial charge >= 0.3 is 5.69 Å². The minimum absolute atomic E-state index is 0.123. The summed E-state index contributed by atoms with van der Waals surface area (Å²) in [6.45, 7) is 0. The molecule has 0 aliphatic heterocycles. The number of carbonyl (C=O) groups is 3. The Morgan fingerprint density at radius 3 is 2.12 bits per heavy atom. The van der Waals surface area contributed by atoms with Gasteiger partial charge in [0.15, 0.2) is 0 Å². The molecule has 7 heteroatoms. The largest absolute Gasteiger partial charge is 0.345 e. The van der Waals surface area contributed by atoms with Crippen LogP contribution in [0.4, 0.5) is 0 Å². The van der Waals surface area contributed by atoms with Crippen LogP contribution in [-0.2, 0) is 0 Å². The number of ketones is 2. The maximum atomic E-state index is 12.7. The lowest BCUT2D eigenvalue weighted by Crippen LogP contribution is -2.35. The summed E-state index contributed by atoms with van der Waals surface area (Å²) < 4.78 is 0.792. The molecule has 0 saturated heterocycles. The molecule has 7 nitrogen and oxygen atoms in total. The average Bonchev–Trinajstić information content (AvgIpc) is 2.97. The average molecular weight is 333 g/mol. The van der Waals surface area contributed by atoms with E-state index in [1.807, 2.05) is 0 Å². The lowest BCUT2D eigenvalue weighted by molar-refractivity contribution is 0.0966. The maximum Gasteiger partial charge on any atom is 0.345 e. The third-order valence-corrected chi connectivity index (χ3v) is 4.00. The van der Waals surface area contributed by atoms with Crippen LogP contribution in [0.3, 0.4) is 0 Å². The SMILES string of the molecule is O=C(Nn1c2c([nH]c1=O)C(=O)c1ccccc1C2=O)c1ccccc1. The molecule has 1 aromatic heterocycles. The van der Waals surface area contributed by atoms with Crippen LogP contribution in [0.15, 0.2) is 59.4 Å². The third-order valence-electron chi connectivity index (χ3n) is 4.00. The number of amides is 1. The highest BCUT2D eigenvalue weighted by Gasteiger charge is 2.35. The van der Waals surface area contributed by atoms with Crippen molar-refractivity contribution in [3.05, 3.63) is 93.2 Å². The van der Waals surface area contributed by atoms with Crippen LogP contribution in [0.25, 0.3) is 0 Å². The zero-order valence-electron chi connectivity index (χ0n) is 12.8. The third kappa shape index (κ3) is 2.21. The van der Waals surface area contributed by atoms with Crippen LogP contribution < -0.4 is 11.1 Å². The number of hydrogen-bond acceptors (Lipinski definition) is 4. The van der Waals surface area contributed by atoms with Gasteiger partial charge in [0, 0.05) is 16.7 Å². The summed E-state index contributed by atoms with van der Waals surface area (Å²) >= 11 is 0. The number of nitrogens with zero attached hydrogens (tertiary/aromatic N) is 1. The highest BCUT2D eigenvalue weighted by atomic mass is 16.2. The van der Waals surface area contributed by atoms with E-state index in [0.717, 1.165) is 4.68 Å². The Morgan fingerprint density at radius 2 is 1.44 bits per heavy atom. The number of aromatic amines is 1. The molecule has 1 amide bonds. The van der Waals surface area contributed by atoms with Gasteiger partial charge in [0.1, 0.15) is 11.4 Å². The van der Waals surface area contributed by atoms with Crippen molar-refractivity contribution >= 4 is 17.5 Å². The molecule has 4 rings (SSSR count). The smallest absolute Gasteiger partial charge is 0.301 e. The molecular weight excluding hydrogens is 322 g/mol. The van der Waals surface area contributed by atoms with E-state index in [1.54, 1.807) is 42.5 Å². The van der Waals surface area contributed by atoms with Crippen LogP contribution >= 0.6 is 0 Å². The summed E-state index contributed by atoms with van der Waals surface area (Å²) in [5, 5.41) is 0. The van der Waals surface area contributed by atoms with Crippen molar-refractivity contribution < 1.29 is 14.4 Å². The number of benzene rings is 2. The number of hydrogen-bond donors (Lipinski definition) is 2. The minimum Gasteiger partial charge on any atom is -0.301 e. The second-order valence-corrected chi connectivity index (χ2v) is 5.50. The van der Waals surface area contributed by atoms with E-state index in [4.69, 9.17) is 0 Å². The predicted octanol–water partition coefficient (Wildman–Crippen LogP) is 1.34. The topological polar surface area (TPSA) is 101 Å². The van der Waals surface area contributed by atoms with Crippen molar-refractivity contribution in [2.75, 3.05) is 5.43 Å². The van der Waals surface area contributed by atoms with Gasteiger partial charge in [-0.2, -0.15) is 4.68 Å². The monoisotopic (exact) mass is 333 g/mol. The number of H-pyrrole nitrogens is 1. The first-order valence-electron chi connectivity index (χ1n) is 7.48. The van der Waals surface area contributed by atoms with Crippen LogP contribution in [0, 0.1) is 0 Å². The van der Waals surface area contributed by atoms with Gasteiger partial charge in [0.25, 0.3) is 5.91 Å². The number of aromatic nitrogens is 2. The van der Waals surface area contributed by atoms with Gasteiger partial charge in [-0.05, 0) is 12.1 Å². The van der Waals surface area contributed by atoms with Crippen LogP contribution in [0.1, 0.15) is 42.5 Å². The molecule has 122 valence electrons. The summed E-state index contributed by atoms with van der Waals surface area (Å²) in [6, 6.07) is 14.6. The fourth-order valence-corrected chi connectivity index (χ4v) is 2.82. The fourth-order valence-electron chi connectivity index (χ4n) is 2.82.